The molecule has 1 rings (SSSR count). The molecule has 0 amide bonds. The van der Waals surface area contributed by atoms with Gasteiger partial charge in [0.2, 0.25) is 5.76 Å². The SMILES string of the molecule is CCOC(=O)CCCNCc1ccc(C#N)o1. The van der Waals surface area contributed by atoms with Crippen LogP contribution in [0.3, 0.4) is 0 Å². The Bertz CT molecular complexity index is 393. The molecule has 0 radical (unpaired) electrons. The zero-order chi connectivity index (χ0) is 12.5. The highest BCUT2D eigenvalue weighted by Crippen LogP contribution is 2.05. The number of nitrogens with zero attached hydrogens (tertiary/aromatic N) is 1. The third kappa shape index (κ3) is 5.18. The van der Waals surface area contributed by atoms with Crippen LogP contribution < -0.4 is 5.32 Å². The quantitative estimate of drug-likeness (QED) is 0.574. The minimum absolute atomic E-state index is 0.168. The van der Waals surface area contributed by atoms with Crippen LogP contribution in [0.25, 0.3) is 0 Å². The van der Waals surface area contributed by atoms with Gasteiger partial charge >= 0.3 is 5.97 Å². The number of hydrogen-bond donors (Lipinski definition) is 1. The Labute approximate surface area is 100 Å². The standard InChI is InChI=1S/C12H16N2O3/c1-2-16-12(15)4-3-7-14-9-11-6-5-10(8-13)17-11/h5-6,14H,2-4,7,9H2,1H3. The number of nitriles is 1. The van der Waals surface area contributed by atoms with E-state index in [0.29, 0.717) is 31.9 Å². The highest BCUT2D eigenvalue weighted by Gasteiger charge is 2.02. The third-order valence-corrected chi connectivity index (χ3v) is 2.11. The van der Waals surface area contributed by atoms with E-state index < -0.39 is 0 Å². The second kappa shape index (κ2) is 7.47. The molecule has 0 atom stereocenters. The summed E-state index contributed by atoms with van der Waals surface area (Å²) in [6, 6.07) is 5.32. The largest absolute Gasteiger partial charge is 0.466 e. The summed E-state index contributed by atoms with van der Waals surface area (Å²) in [6.45, 7) is 3.49. The Hall–Kier alpha value is -1.80. The van der Waals surface area contributed by atoms with Gasteiger partial charge in [-0.2, -0.15) is 5.26 Å². The number of carbonyl (C=O) groups excluding carboxylic acids is 1. The predicted molar refractivity (Wildman–Crippen MR) is 61.0 cm³/mol. The average Bonchev–Trinajstić information content (AvgIpc) is 2.77. The number of esters is 1. The van der Waals surface area contributed by atoms with E-state index in [4.69, 9.17) is 14.4 Å². The first kappa shape index (κ1) is 13.3. The van der Waals surface area contributed by atoms with E-state index in [1.165, 1.54) is 0 Å². The van der Waals surface area contributed by atoms with Crippen molar-refractivity contribution >= 4 is 5.97 Å². The van der Waals surface area contributed by atoms with Gasteiger partial charge in [0.15, 0.2) is 0 Å². The molecule has 0 unspecified atom stereocenters. The number of ether oxygens (including phenoxy) is 1. The summed E-state index contributed by atoms with van der Waals surface area (Å²) in [5, 5.41) is 11.7. The Morgan fingerprint density at radius 3 is 3.06 bits per heavy atom. The lowest BCUT2D eigenvalue weighted by atomic mass is 10.3. The maximum atomic E-state index is 11.0. The summed E-state index contributed by atoms with van der Waals surface area (Å²) in [4.78, 5) is 11.0. The van der Waals surface area contributed by atoms with Gasteiger partial charge in [0.1, 0.15) is 11.8 Å². The van der Waals surface area contributed by atoms with E-state index in [1.54, 1.807) is 19.1 Å². The van der Waals surface area contributed by atoms with Gasteiger partial charge in [0, 0.05) is 6.42 Å². The lowest BCUT2D eigenvalue weighted by molar-refractivity contribution is -0.143. The molecule has 92 valence electrons. The van der Waals surface area contributed by atoms with Crippen LogP contribution in [0, 0.1) is 11.3 Å². The summed E-state index contributed by atoms with van der Waals surface area (Å²) in [7, 11) is 0. The number of nitrogens with one attached hydrogen (secondary N) is 1. The summed E-state index contributed by atoms with van der Waals surface area (Å²) in [6.07, 6.45) is 1.15. The topological polar surface area (TPSA) is 75.3 Å². The second-order valence-electron chi connectivity index (χ2n) is 3.46. The zero-order valence-electron chi connectivity index (χ0n) is 9.86. The molecule has 1 aromatic rings. The number of rotatable bonds is 7. The van der Waals surface area contributed by atoms with E-state index in [9.17, 15) is 4.79 Å². The van der Waals surface area contributed by atoms with Crippen molar-refractivity contribution in [3.63, 3.8) is 0 Å². The van der Waals surface area contributed by atoms with Crippen LogP contribution in [-0.2, 0) is 16.1 Å². The molecule has 1 N–H and O–H groups in total. The molecule has 5 nitrogen and oxygen atoms in total. The van der Waals surface area contributed by atoms with Crippen LogP contribution in [0.2, 0.25) is 0 Å². The number of furan rings is 1. The lowest BCUT2D eigenvalue weighted by Crippen LogP contribution is -2.16. The van der Waals surface area contributed by atoms with Crippen molar-refractivity contribution in [1.82, 2.24) is 5.32 Å². The van der Waals surface area contributed by atoms with Crippen molar-refractivity contribution in [1.29, 1.82) is 5.26 Å². The van der Waals surface area contributed by atoms with Gasteiger partial charge in [-0.05, 0) is 32.0 Å². The molecule has 0 saturated carbocycles. The van der Waals surface area contributed by atoms with Crippen LogP contribution in [0.1, 0.15) is 31.3 Å². The summed E-state index contributed by atoms with van der Waals surface area (Å²) < 4.78 is 9.99. The number of hydrogen-bond acceptors (Lipinski definition) is 5. The Morgan fingerprint density at radius 2 is 2.41 bits per heavy atom. The van der Waals surface area contributed by atoms with Crippen molar-refractivity contribution in [2.45, 2.75) is 26.3 Å². The number of carbonyl (C=O) groups is 1. The molecule has 5 heteroatoms. The van der Waals surface area contributed by atoms with Gasteiger partial charge in [-0.25, -0.2) is 0 Å². The fraction of sp³-hybridized carbons (Fsp3) is 0.500. The van der Waals surface area contributed by atoms with Gasteiger partial charge in [-0.15, -0.1) is 0 Å². The van der Waals surface area contributed by atoms with E-state index in [2.05, 4.69) is 5.32 Å². The molecular weight excluding hydrogens is 220 g/mol. The first-order valence-electron chi connectivity index (χ1n) is 5.61. The zero-order valence-corrected chi connectivity index (χ0v) is 9.86. The highest BCUT2D eigenvalue weighted by molar-refractivity contribution is 5.69. The summed E-state index contributed by atoms with van der Waals surface area (Å²) in [5.74, 6) is 0.866. The minimum Gasteiger partial charge on any atom is -0.466 e. The van der Waals surface area contributed by atoms with Crippen molar-refractivity contribution in [2.75, 3.05) is 13.2 Å². The molecule has 0 aliphatic rings. The fourth-order valence-electron chi connectivity index (χ4n) is 1.34. The highest BCUT2D eigenvalue weighted by atomic mass is 16.5. The van der Waals surface area contributed by atoms with E-state index >= 15 is 0 Å². The molecule has 0 aromatic carbocycles. The van der Waals surface area contributed by atoms with Crippen LogP contribution in [-0.4, -0.2) is 19.1 Å². The van der Waals surface area contributed by atoms with Gasteiger partial charge in [-0.1, -0.05) is 0 Å². The Morgan fingerprint density at radius 1 is 1.59 bits per heavy atom. The first-order valence-corrected chi connectivity index (χ1v) is 5.61. The Balaban J connectivity index is 2.08. The van der Waals surface area contributed by atoms with Crippen molar-refractivity contribution in [3.8, 4) is 6.07 Å². The molecule has 0 aliphatic heterocycles. The minimum atomic E-state index is -0.168. The molecule has 1 heterocycles. The summed E-state index contributed by atoms with van der Waals surface area (Å²) in [5.41, 5.74) is 0. The van der Waals surface area contributed by atoms with E-state index in [-0.39, 0.29) is 5.97 Å². The van der Waals surface area contributed by atoms with Gasteiger partial charge in [-0.3, -0.25) is 4.79 Å². The smallest absolute Gasteiger partial charge is 0.305 e. The van der Waals surface area contributed by atoms with Crippen molar-refractivity contribution in [2.24, 2.45) is 0 Å². The molecule has 1 aromatic heterocycles. The third-order valence-electron chi connectivity index (χ3n) is 2.11. The van der Waals surface area contributed by atoms with Gasteiger partial charge < -0.3 is 14.5 Å². The predicted octanol–water partition coefficient (Wildman–Crippen LogP) is 1.58. The van der Waals surface area contributed by atoms with Crippen LogP contribution in [0.4, 0.5) is 0 Å². The lowest BCUT2D eigenvalue weighted by Gasteiger charge is -2.02. The van der Waals surface area contributed by atoms with Crippen molar-refractivity contribution < 1.29 is 13.9 Å². The van der Waals surface area contributed by atoms with Gasteiger partial charge in [0.05, 0.1) is 13.2 Å². The maximum absolute atomic E-state index is 11.0. The first-order chi connectivity index (χ1) is 8.26. The fourth-order valence-corrected chi connectivity index (χ4v) is 1.34. The molecule has 0 aliphatic carbocycles. The van der Waals surface area contributed by atoms with E-state index in [0.717, 1.165) is 12.2 Å². The molecule has 0 saturated heterocycles. The van der Waals surface area contributed by atoms with Crippen LogP contribution >= 0.6 is 0 Å². The molecule has 0 fully saturated rings. The van der Waals surface area contributed by atoms with Crippen molar-refractivity contribution in [3.05, 3.63) is 23.7 Å². The molecule has 0 spiro atoms. The molecular formula is C12H16N2O3. The second-order valence-corrected chi connectivity index (χ2v) is 3.46. The average molecular weight is 236 g/mol. The monoisotopic (exact) mass is 236 g/mol. The van der Waals surface area contributed by atoms with Crippen LogP contribution in [0.15, 0.2) is 16.5 Å². The van der Waals surface area contributed by atoms with E-state index in [1.807, 2.05) is 6.07 Å². The molecule has 0 bridgehead atoms. The Kier molecular flexibility index (Phi) is 5.83. The normalized spacial score (nSPS) is 9.88. The van der Waals surface area contributed by atoms with Gasteiger partial charge in [0.25, 0.3) is 0 Å². The maximum Gasteiger partial charge on any atom is 0.305 e. The molecule has 17 heavy (non-hydrogen) atoms. The summed E-state index contributed by atoms with van der Waals surface area (Å²) >= 11 is 0. The van der Waals surface area contributed by atoms with Crippen LogP contribution in [0.5, 0.6) is 0 Å².